The molecule has 0 aromatic rings. The van der Waals surface area contributed by atoms with Gasteiger partial charge in [-0.1, -0.05) is 0 Å². The van der Waals surface area contributed by atoms with E-state index in [1.165, 1.54) is 0 Å². The molecule has 0 aliphatic rings. The molecule has 0 bridgehead atoms. The zero-order valence-electron chi connectivity index (χ0n) is 3.33. The molecule has 0 fully saturated rings. The average Bonchev–Trinajstić information content (AvgIpc) is 0.722. The van der Waals surface area contributed by atoms with Gasteiger partial charge in [0.1, 0.15) is 0 Å². The van der Waals surface area contributed by atoms with Crippen molar-refractivity contribution in [3.8, 4) is 0 Å². The summed E-state index contributed by atoms with van der Waals surface area (Å²) in [6.45, 7) is 0. The molecule has 0 aromatic carbocycles. The minimum absolute atomic E-state index is 0. The molecule has 0 aliphatic carbocycles. The van der Waals surface area contributed by atoms with Crippen molar-refractivity contribution in [1.82, 2.24) is 0 Å². The molecule has 0 atom stereocenters. The van der Waals surface area contributed by atoms with Crippen molar-refractivity contribution in [2.75, 3.05) is 0 Å². The Kier molecular flexibility index (Phi) is 10.6. The third-order valence-corrected chi connectivity index (χ3v) is 0. The second-order valence-corrected chi connectivity index (χ2v) is 1.34. The van der Waals surface area contributed by atoms with Crippen LogP contribution in [0.25, 0.3) is 0 Å². The summed E-state index contributed by atoms with van der Waals surface area (Å²) in [6.07, 6.45) is 0. The molecule has 0 amide bonds. The molecule has 4 N–H and O–H groups in total. The van der Waals surface area contributed by atoms with Gasteiger partial charge < -0.3 is 5.48 Å². The molecule has 0 aliphatic heterocycles. The standard InChI is InChI=1S/Mg.H2O4S.H2O/c;1-5(2,3)4;/h;(H2,1,2,3,4);1H2/q+2;;. The smallest absolute Gasteiger partial charge is 0.412 e. The molecule has 0 saturated heterocycles. The summed E-state index contributed by atoms with van der Waals surface area (Å²) in [4.78, 5) is 0. The normalized spacial score (nSPS) is 8.29. The molecule has 0 heterocycles. The summed E-state index contributed by atoms with van der Waals surface area (Å²) in [5, 5.41) is 0. The van der Waals surface area contributed by atoms with Gasteiger partial charge in [-0.3, -0.25) is 9.11 Å². The average molecular weight is 140 g/mol. The van der Waals surface area contributed by atoms with Crippen molar-refractivity contribution in [2.24, 2.45) is 0 Å². The fourth-order valence-corrected chi connectivity index (χ4v) is 0. The Balaban J connectivity index is -0.0000000800. The summed E-state index contributed by atoms with van der Waals surface area (Å²) in [6, 6.07) is 0. The van der Waals surface area contributed by atoms with Gasteiger partial charge in [0.05, 0.1) is 0 Å². The molecular formula is H4MgO5S+2. The summed E-state index contributed by atoms with van der Waals surface area (Å²) >= 11 is 0. The van der Waals surface area contributed by atoms with E-state index in [-0.39, 0.29) is 28.5 Å². The summed E-state index contributed by atoms with van der Waals surface area (Å²) < 4.78 is 31.6. The second kappa shape index (κ2) is 4.75. The van der Waals surface area contributed by atoms with Crippen LogP contribution in [0.3, 0.4) is 0 Å². The minimum Gasteiger partial charge on any atom is -0.412 e. The van der Waals surface area contributed by atoms with E-state index in [0.717, 1.165) is 0 Å². The van der Waals surface area contributed by atoms with Crippen LogP contribution >= 0.6 is 0 Å². The summed E-state index contributed by atoms with van der Waals surface area (Å²) in [5.41, 5.74) is 0. The fraction of sp³-hybridized carbons (Fsp3) is 0. The third kappa shape index (κ3) is 392. The van der Waals surface area contributed by atoms with Crippen LogP contribution in [0.5, 0.6) is 0 Å². The summed E-state index contributed by atoms with van der Waals surface area (Å²) in [5.74, 6) is 0. The second-order valence-electron chi connectivity index (χ2n) is 0.448. The first-order chi connectivity index (χ1) is 2.00. The molecule has 0 unspecified atom stereocenters. The quantitative estimate of drug-likeness (QED) is 0.304. The Morgan fingerprint density at radius 2 is 1.14 bits per heavy atom. The largest absolute Gasteiger partial charge is 2.00 e. The molecule has 5 nitrogen and oxygen atoms in total. The first-order valence-corrected chi connectivity index (χ1v) is 2.10. The first kappa shape index (κ1) is 15.6. The van der Waals surface area contributed by atoms with Gasteiger partial charge in [-0.15, -0.1) is 0 Å². The number of rotatable bonds is 0. The first-order valence-electron chi connectivity index (χ1n) is 0.698. The van der Waals surface area contributed by atoms with Crippen molar-refractivity contribution in [1.29, 1.82) is 0 Å². The maximum Gasteiger partial charge on any atom is 2.00 e. The predicted octanol–water partition coefficient (Wildman–Crippen LogP) is -1.86. The molecule has 0 saturated carbocycles. The molecule has 0 spiro atoms. The van der Waals surface area contributed by atoms with Crippen molar-refractivity contribution >= 4 is 33.5 Å². The zero-order valence-corrected chi connectivity index (χ0v) is 5.56. The van der Waals surface area contributed by atoms with Gasteiger partial charge in [0.15, 0.2) is 0 Å². The Labute approximate surface area is 56.8 Å². The Morgan fingerprint density at radius 3 is 1.14 bits per heavy atom. The van der Waals surface area contributed by atoms with E-state index in [0.29, 0.717) is 0 Å². The van der Waals surface area contributed by atoms with Gasteiger partial charge in [-0.25, -0.2) is 0 Å². The molecule has 0 aromatic heterocycles. The zero-order chi connectivity index (χ0) is 4.50. The van der Waals surface area contributed by atoms with Crippen molar-refractivity contribution < 1.29 is 23.0 Å². The van der Waals surface area contributed by atoms with Gasteiger partial charge >= 0.3 is 33.5 Å². The Morgan fingerprint density at radius 1 is 1.14 bits per heavy atom. The molecule has 7 heteroatoms. The summed E-state index contributed by atoms with van der Waals surface area (Å²) in [7, 11) is -4.67. The van der Waals surface area contributed by atoms with Gasteiger partial charge in [0.2, 0.25) is 0 Å². The van der Waals surface area contributed by atoms with Crippen molar-refractivity contribution in [3.05, 3.63) is 0 Å². The van der Waals surface area contributed by atoms with E-state index in [1.807, 2.05) is 0 Å². The van der Waals surface area contributed by atoms with Crippen LogP contribution in [0.2, 0.25) is 0 Å². The van der Waals surface area contributed by atoms with Crippen LogP contribution in [0, 0.1) is 0 Å². The monoisotopic (exact) mass is 140 g/mol. The topological polar surface area (TPSA) is 106 Å². The predicted molar refractivity (Wildman–Crippen MR) is 23.5 cm³/mol. The molecule has 40 valence electrons. The van der Waals surface area contributed by atoms with E-state index >= 15 is 0 Å². The molecular weight excluding hydrogens is 136 g/mol. The van der Waals surface area contributed by atoms with E-state index in [4.69, 9.17) is 17.5 Å². The number of hydrogen-bond acceptors (Lipinski definition) is 2. The van der Waals surface area contributed by atoms with E-state index < -0.39 is 10.4 Å². The molecule has 0 radical (unpaired) electrons. The van der Waals surface area contributed by atoms with Gasteiger partial charge in [0, 0.05) is 0 Å². The maximum absolute atomic E-state index is 8.74. The van der Waals surface area contributed by atoms with E-state index in [1.54, 1.807) is 0 Å². The van der Waals surface area contributed by atoms with Crippen molar-refractivity contribution in [3.63, 3.8) is 0 Å². The van der Waals surface area contributed by atoms with Crippen molar-refractivity contribution in [2.45, 2.75) is 0 Å². The molecule has 0 rings (SSSR count). The van der Waals surface area contributed by atoms with Crippen LogP contribution in [0.4, 0.5) is 0 Å². The fourth-order valence-electron chi connectivity index (χ4n) is 0. The maximum atomic E-state index is 8.74. The van der Waals surface area contributed by atoms with Crippen LogP contribution in [0.15, 0.2) is 0 Å². The Hall–Kier alpha value is 0.596. The van der Waals surface area contributed by atoms with Gasteiger partial charge in [-0.2, -0.15) is 8.42 Å². The molecule has 7 heavy (non-hydrogen) atoms. The third-order valence-electron chi connectivity index (χ3n) is 0. The van der Waals surface area contributed by atoms with Crippen LogP contribution in [-0.2, 0) is 10.4 Å². The van der Waals surface area contributed by atoms with Crippen LogP contribution < -0.4 is 0 Å². The van der Waals surface area contributed by atoms with Gasteiger partial charge in [-0.05, 0) is 0 Å². The SMILES string of the molecule is O.O=S(=O)(O)O.[Mg+2]. The van der Waals surface area contributed by atoms with E-state index in [9.17, 15) is 0 Å². The van der Waals surface area contributed by atoms with E-state index in [2.05, 4.69) is 0 Å². The van der Waals surface area contributed by atoms with Gasteiger partial charge in [0.25, 0.3) is 0 Å². The minimum atomic E-state index is -4.67. The Bertz CT molecular complexity index is 91.2. The van der Waals surface area contributed by atoms with Crippen LogP contribution in [-0.4, -0.2) is 46.1 Å². The van der Waals surface area contributed by atoms with Crippen LogP contribution in [0.1, 0.15) is 0 Å². The number of hydrogen-bond donors (Lipinski definition) is 2.